The average molecular weight is 441 g/mol. The van der Waals surface area contributed by atoms with Gasteiger partial charge in [0.25, 0.3) is 0 Å². The largest absolute Gasteiger partial charge is 0.416 e. The van der Waals surface area contributed by atoms with Gasteiger partial charge in [-0.15, -0.1) is 0 Å². The summed E-state index contributed by atoms with van der Waals surface area (Å²) in [5.74, 6) is 0. The number of fused-ring (bicyclic) bond motifs is 3. The zero-order valence-corrected chi connectivity index (χ0v) is 16.2. The summed E-state index contributed by atoms with van der Waals surface area (Å²) in [6.45, 7) is 0. The lowest BCUT2D eigenvalue weighted by atomic mass is 9.93. The van der Waals surface area contributed by atoms with Gasteiger partial charge in [0.2, 0.25) is 0 Å². The van der Waals surface area contributed by atoms with E-state index in [-0.39, 0.29) is 0 Å². The fraction of sp³-hybridized carbons (Fsp3) is 0.0800. The van der Waals surface area contributed by atoms with E-state index in [1.807, 2.05) is 0 Å². The van der Waals surface area contributed by atoms with Gasteiger partial charge in [-0.25, -0.2) is 4.98 Å². The number of pyridine rings is 1. The highest BCUT2D eigenvalue weighted by molar-refractivity contribution is 6.12. The Hall–Kier alpha value is -3.61. The van der Waals surface area contributed by atoms with Crippen LogP contribution in [0, 0.1) is 0 Å². The minimum Gasteiger partial charge on any atom is -0.248 e. The standard InChI is InChI=1S/C25H13F6N/c26-24(27,28)17-8-5-14(6-9-17)23-19-3-1-2-4-21(19)32-22-13-15-7-10-18(25(29,30)31)11-16(15)12-20(22)23/h1-13H. The van der Waals surface area contributed by atoms with Gasteiger partial charge in [0, 0.05) is 16.3 Å². The first-order valence-corrected chi connectivity index (χ1v) is 9.62. The first-order chi connectivity index (χ1) is 15.1. The van der Waals surface area contributed by atoms with Gasteiger partial charge >= 0.3 is 12.4 Å². The van der Waals surface area contributed by atoms with Crippen molar-refractivity contribution >= 4 is 32.6 Å². The third-order valence-corrected chi connectivity index (χ3v) is 5.47. The molecule has 0 atom stereocenters. The van der Waals surface area contributed by atoms with E-state index in [4.69, 9.17) is 0 Å². The first kappa shape index (κ1) is 20.3. The van der Waals surface area contributed by atoms with Gasteiger partial charge < -0.3 is 0 Å². The predicted molar refractivity (Wildman–Crippen MR) is 112 cm³/mol. The summed E-state index contributed by atoms with van der Waals surface area (Å²) in [7, 11) is 0. The van der Waals surface area contributed by atoms with Gasteiger partial charge in [-0.1, -0.05) is 36.4 Å². The molecule has 5 rings (SSSR count). The molecule has 0 bridgehead atoms. The predicted octanol–water partition coefficient (Wildman–Crippen LogP) is 8.25. The Morgan fingerprint density at radius 3 is 1.88 bits per heavy atom. The topological polar surface area (TPSA) is 12.9 Å². The van der Waals surface area contributed by atoms with Crippen LogP contribution in [-0.4, -0.2) is 4.98 Å². The summed E-state index contributed by atoms with van der Waals surface area (Å²) in [5, 5.41) is 2.23. The molecule has 7 heteroatoms. The Labute approximate surface area is 177 Å². The van der Waals surface area contributed by atoms with Crippen molar-refractivity contribution in [1.29, 1.82) is 0 Å². The molecular formula is C25H13F6N. The quantitative estimate of drug-likeness (QED) is 0.189. The Bertz CT molecular complexity index is 1480. The molecule has 0 aliphatic rings. The number of halogens is 6. The van der Waals surface area contributed by atoms with E-state index in [2.05, 4.69) is 4.98 Å². The maximum absolute atomic E-state index is 13.2. The molecule has 5 aromatic rings. The molecule has 0 amide bonds. The molecular weight excluding hydrogens is 428 g/mol. The first-order valence-electron chi connectivity index (χ1n) is 9.62. The second-order valence-corrected chi connectivity index (χ2v) is 7.51. The summed E-state index contributed by atoms with van der Waals surface area (Å²) in [6, 6.07) is 18.7. The lowest BCUT2D eigenvalue weighted by Crippen LogP contribution is -2.04. The van der Waals surface area contributed by atoms with E-state index < -0.39 is 23.5 Å². The van der Waals surface area contributed by atoms with Crippen LogP contribution >= 0.6 is 0 Å². The van der Waals surface area contributed by atoms with Crippen LogP contribution in [0.5, 0.6) is 0 Å². The number of hydrogen-bond acceptors (Lipinski definition) is 1. The maximum atomic E-state index is 13.2. The van der Waals surface area contributed by atoms with Crippen LogP contribution in [0.3, 0.4) is 0 Å². The Balaban J connectivity index is 1.84. The fourth-order valence-corrected chi connectivity index (χ4v) is 3.95. The Morgan fingerprint density at radius 1 is 0.531 bits per heavy atom. The number of alkyl halides is 6. The molecule has 0 N–H and O–H groups in total. The van der Waals surface area contributed by atoms with Crippen molar-refractivity contribution in [3.05, 3.63) is 90.0 Å². The molecule has 0 fully saturated rings. The van der Waals surface area contributed by atoms with E-state index in [9.17, 15) is 26.3 Å². The summed E-state index contributed by atoms with van der Waals surface area (Å²) >= 11 is 0. The molecule has 32 heavy (non-hydrogen) atoms. The van der Waals surface area contributed by atoms with E-state index in [0.29, 0.717) is 43.7 Å². The molecule has 0 saturated carbocycles. The van der Waals surface area contributed by atoms with Crippen molar-refractivity contribution in [3.63, 3.8) is 0 Å². The monoisotopic (exact) mass is 441 g/mol. The SMILES string of the molecule is FC(F)(F)c1ccc(-c2c3ccccc3nc3cc4ccc(C(F)(F)F)cc4cc23)cc1. The van der Waals surface area contributed by atoms with E-state index in [0.717, 1.165) is 24.3 Å². The molecule has 0 spiro atoms. The van der Waals surface area contributed by atoms with Crippen molar-refractivity contribution < 1.29 is 26.3 Å². The van der Waals surface area contributed by atoms with Crippen LogP contribution in [0.1, 0.15) is 11.1 Å². The molecule has 1 heterocycles. The van der Waals surface area contributed by atoms with Crippen LogP contribution in [0.4, 0.5) is 26.3 Å². The van der Waals surface area contributed by atoms with Gasteiger partial charge in [0.05, 0.1) is 22.2 Å². The molecule has 0 aliphatic carbocycles. The second-order valence-electron chi connectivity index (χ2n) is 7.51. The number of aromatic nitrogens is 1. The number of hydrogen-bond donors (Lipinski definition) is 0. The molecule has 1 aromatic heterocycles. The molecule has 0 saturated heterocycles. The minimum atomic E-state index is -4.49. The minimum absolute atomic E-state index is 0.373. The molecule has 0 aliphatic heterocycles. The van der Waals surface area contributed by atoms with Gasteiger partial charge in [-0.3, -0.25) is 0 Å². The van der Waals surface area contributed by atoms with E-state index in [1.165, 1.54) is 18.2 Å². The van der Waals surface area contributed by atoms with Crippen LogP contribution in [0.2, 0.25) is 0 Å². The summed E-state index contributed by atoms with van der Waals surface area (Å²) in [4.78, 5) is 4.64. The van der Waals surface area contributed by atoms with Crippen molar-refractivity contribution in [2.75, 3.05) is 0 Å². The smallest absolute Gasteiger partial charge is 0.248 e. The fourth-order valence-electron chi connectivity index (χ4n) is 3.95. The van der Waals surface area contributed by atoms with Crippen LogP contribution in [-0.2, 0) is 12.4 Å². The van der Waals surface area contributed by atoms with Crippen LogP contribution in [0.15, 0.2) is 78.9 Å². The summed E-state index contributed by atoms with van der Waals surface area (Å²) in [6.07, 6.45) is -8.95. The highest BCUT2D eigenvalue weighted by Gasteiger charge is 2.31. The number of para-hydroxylation sites is 1. The molecule has 160 valence electrons. The van der Waals surface area contributed by atoms with E-state index in [1.54, 1.807) is 36.4 Å². The third-order valence-electron chi connectivity index (χ3n) is 5.47. The molecule has 0 radical (unpaired) electrons. The average Bonchev–Trinajstić information content (AvgIpc) is 2.74. The zero-order valence-electron chi connectivity index (χ0n) is 16.2. The number of rotatable bonds is 1. The van der Waals surface area contributed by atoms with Crippen molar-refractivity contribution in [3.8, 4) is 11.1 Å². The number of nitrogens with zero attached hydrogens (tertiary/aromatic N) is 1. The third kappa shape index (κ3) is 3.43. The Morgan fingerprint density at radius 2 is 1.19 bits per heavy atom. The van der Waals surface area contributed by atoms with Crippen molar-refractivity contribution in [2.24, 2.45) is 0 Å². The second kappa shape index (κ2) is 6.95. The lowest BCUT2D eigenvalue weighted by Gasteiger charge is -2.14. The molecule has 0 unspecified atom stereocenters. The Kier molecular flexibility index (Phi) is 4.41. The van der Waals surface area contributed by atoms with Gasteiger partial charge in [0.1, 0.15) is 0 Å². The molecule has 4 aromatic carbocycles. The normalized spacial score (nSPS) is 12.7. The highest BCUT2D eigenvalue weighted by atomic mass is 19.4. The van der Waals surface area contributed by atoms with Crippen molar-refractivity contribution in [2.45, 2.75) is 12.4 Å². The summed E-state index contributed by atoms with van der Waals surface area (Å²) in [5.41, 5.74) is 0.789. The van der Waals surface area contributed by atoms with Gasteiger partial charge in [-0.05, 0) is 58.8 Å². The number of benzene rings is 4. The van der Waals surface area contributed by atoms with E-state index >= 15 is 0 Å². The van der Waals surface area contributed by atoms with Crippen LogP contribution in [0.25, 0.3) is 43.7 Å². The van der Waals surface area contributed by atoms with Gasteiger partial charge in [0.15, 0.2) is 0 Å². The zero-order chi connectivity index (χ0) is 22.7. The van der Waals surface area contributed by atoms with Crippen molar-refractivity contribution in [1.82, 2.24) is 4.98 Å². The lowest BCUT2D eigenvalue weighted by molar-refractivity contribution is -0.138. The highest BCUT2D eigenvalue weighted by Crippen LogP contribution is 2.39. The van der Waals surface area contributed by atoms with Gasteiger partial charge in [-0.2, -0.15) is 26.3 Å². The summed E-state index contributed by atoms with van der Waals surface area (Å²) < 4.78 is 78.7. The molecule has 1 nitrogen and oxygen atoms in total. The maximum Gasteiger partial charge on any atom is 0.416 e. The van der Waals surface area contributed by atoms with Crippen LogP contribution < -0.4 is 0 Å².